The molecule has 3 aromatic carbocycles. The van der Waals surface area contributed by atoms with E-state index >= 15 is 0 Å². The Bertz CT molecular complexity index is 1530. The van der Waals surface area contributed by atoms with Crippen molar-refractivity contribution in [3.63, 3.8) is 0 Å². The minimum absolute atomic E-state index is 0.212. The number of imide groups is 2. The number of ether oxygens (including phenoxy) is 2. The summed E-state index contributed by atoms with van der Waals surface area (Å²) in [5.41, 5.74) is 5.26. The first-order valence-corrected chi connectivity index (χ1v) is 12.2. The molecule has 0 unspecified atom stereocenters. The Morgan fingerprint density at radius 3 is 2.36 bits per heavy atom. The summed E-state index contributed by atoms with van der Waals surface area (Å²) in [6.07, 6.45) is 1.37. The van der Waals surface area contributed by atoms with Crippen LogP contribution in [0.1, 0.15) is 27.8 Å². The van der Waals surface area contributed by atoms with Gasteiger partial charge in [-0.15, -0.1) is 0 Å². The van der Waals surface area contributed by atoms with E-state index < -0.39 is 17.8 Å². The zero-order valence-electron chi connectivity index (χ0n) is 22.4. The van der Waals surface area contributed by atoms with Gasteiger partial charge in [-0.3, -0.25) is 19.7 Å². The molecule has 1 saturated heterocycles. The highest BCUT2D eigenvalue weighted by Gasteiger charge is 2.37. The highest BCUT2D eigenvalue weighted by molar-refractivity contribution is 6.39. The van der Waals surface area contributed by atoms with Crippen LogP contribution in [0.2, 0.25) is 0 Å². The molecule has 5 amide bonds. The number of nitrogens with one attached hydrogen (secondary N) is 2. The Morgan fingerprint density at radius 2 is 1.67 bits per heavy atom. The van der Waals surface area contributed by atoms with Crippen LogP contribution < -0.4 is 25.0 Å². The van der Waals surface area contributed by atoms with Gasteiger partial charge in [0.05, 0.1) is 12.8 Å². The molecule has 0 radical (unpaired) electrons. The van der Waals surface area contributed by atoms with Crippen molar-refractivity contribution in [2.45, 2.75) is 27.7 Å². The lowest BCUT2D eigenvalue weighted by Crippen LogP contribution is -2.54. The molecule has 1 aliphatic rings. The number of aryl methyl sites for hydroxylation is 4. The van der Waals surface area contributed by atoms with Crippen molar-refractivity contribution in [1.82, 2.24) is 5.32 Å². The predicted molar refractivity (Wildman–Crippen MR) is 148 cm³/mol. The van der Waals surface area contributed by atoms with Gasteiger partial charge < -0.3 is 14.8 Å². The average Bonchev–Trinajstić information content (AvgIpc) is 2.89. The molecule has 1 aliphatic heterocycles. The fraction of sp³-hybridized carbons (Fsp3) is 0.200. The van der Waals surface area contributed by atoms with E-state index in [2.05, 4.69) is 10.6 Å². The van der Waals surface area contributed by atoms with Crippen LogP contribution in [0.25, 0.3) is 6.08 Å². The minimum Gasteiger partial charge on any atom is -0.493 e. The van der Waals surface area contributed by atoms with Gasteiger partial charge in [-0.05, 0) is 86.4 Å². The molecule has 0 atom stereocenters. The maximum Gasteiger partial charge on any atom is 0.335 e. The summed E-state index contributed by atoms with van der Waals surface area (Å²) >= 11 is 0. The lowest BCUT2D eigenvalue weighted by Gasteiger charge is -2.26. The maximum atomic E-state index is 13.2. The summed E-state index contributed by atoms with van der Waals surface area (Å²) in [4.78, 5) is 51.7. The first-order chi connectivity index (χ1) is 18.6. The standard InChI is InChI=1S/C30H29N3O6/c1-17-6-10-24(20(4)12-17)31-27(34)16-39-25-11-8-21(15-26(25)38-5)14-23-28(35)32-30(37)33(29(23)36)22-9-7-18(2)19(3)13-22/h6-15H,16H2,1-5H3,(H,31,34)(H,32,35,37)/b23-14-. The van der Waals surface area contributed by atoms with Gasteiger partial charge in [0.25, 0.3) is 17.7 Å². The third kappa shape index (κ3) is 5.98. The molecule has 39 heavy (non-hydrogen) atoms. The van der Waals surface area contributed by atoms with Gasteiger partial charge in [0.1, 0.15) is 5.57 Å². The summed E-state index contributed by atoms with van der Waals surface area (Å²) < 4.78 is 11.1. The second-order valence-corrected chi connectivity index (χ2v) is 9.29. The zero-order valence-corrected chi connectivity index (χ0v) is 22.4. The number of hydrogen-bond acceptors (Lipinski definition) is 6. The minimum atomic E-state index is -0.814. The number of methoxy groups -OCH3 is 1. The van der Waals surface area contributed by atoms with Gasteiger partial charge in [0.15, 0.2) is 18.1 Å². The van der Waals surface area contributed by atoms with Crippen molar-refractivity contribution in [2.24, 2.45) is 0 Å². The third-order valence-electron chi connectivity index (χ3n) is 6.36. The summed E-state index contributed by atoms with van der Waals surface area (Å²) in [5.74, 6) is -1.27. The molecule has 2 N–H and O–H groups in total. The summed E-state index contributed by atoms with van der Waals surface area (Å²) in [7, 11) is 1.44. The number of hydrogen-bond donors (Lipinski definition) is 2. The maximum absolute atomic E-state index is 13.2. The molecule has 0 spiro atoms. The van der Waals surface area contributed by atoms with Crippen LogP contribution in [0.4, 0.5) is 16.2 Å². The number of anilines is 2. The Hall–Kier alpha value is -4.92. The van der Waals surface area contributed by atoms with Crippen molar-refractivity contribution in [2.75, 3.05) is 23.9 Å². The number of rotatable bonds is 7. The number of urea groups is 1. The van der Waals surface area contributed by atoms with Gasteiger partial charge in [-0.25, -0.2) is 9.69 Å². The molecule has 0 aromatic heterocycles. The second-order valence-electron chi connectivity index (χ2n) is 9.29. The van der Waals surface area contributed by atoms with Gasteiger partial charge in [-0.1, -0.05) is 29.8 Å². The first kappa shape index (κ1) is 27.1. The van der Waals surface area contributed by atoms with Crippen LogP contribution >= 0.6 is 0 Å². The van der Waals surface area contributed by atoms with E-state index in [1.807, 2.05) is 45.9 Å². The molecule has 0 aliphatic carbocycles. The van der Waals surface area contributed by atoms with E-state index in [9.17, 15) is 19.2 Å². The van der Waals surface area contributed by atoms with Crippen molar-refractivity contribution in [1.29, 1.82) is 0 Å². The van der Waals surface area contributed by atoms with Crippen LogP contribution in [-0.2, 0) is 14.4 Å². The molecule has 0 bridgehead atoms. The lowest BCUT2D eigenvalue weighted by atomic mass is 10.0. The SMILES string of the molecule is COc1cc(/C=C2/C(=O)NC(=O)N(c3ccc(C)c(C)c3)C2=O)ccc1OCC(=O)Nc1ccc(C)cc1C. The van der Waals surface area contributed by atoms with E-state index in [4.69, 9.17) is 9.47 Å². The quantitative estimate of drug-likeness (QED) is 0.343. The molecule has 9 nitrogen and oxygen atoms in total. The van der Waals surface area contributed by atoms with Gasteiger partial charge in [0, 0.05) is 5.69 Å². The number of nitrogens with zero attached hydrogens (tertiary/aromatic N) is 1. The van der Waals surface area contributed by atoms with Crippen LogP contribution in [0.5, 0.6) is 11.5 Å². The Balaban J connectivity index is 1.52. The lowest BCUT2D eigenvalue weighted by molar-refractivity contribution is -0.122. The predicted octanol–water partition coefficient (Wildman–Crippen LogP) is 4.61. The van der Waals surface area contributed by atoms with Gasteiger partial charge in [-0.2, -0.15) is 0 Å². The first-order valence-electron chi connectivity index (χ1n) is 12.2. The van der Waals surface area contributed by atoms with E-state index in [-0.39, 0.29) is 18.1 Å². The highest BCUT2D eigenvalue weighted by atomic mass is 16.5. The van der Waals surface area contributed by atoms with Crippen LogP contribution in [0, 0.1) is 27.7 Å². The molecule has 200 valence electrons. The van der Waals surface area contributed by atoms with Crippen molar-refractivity contribution in [3.05, 3.63) is 88.0 Å². The highest BCUT2D eigenvalue weighted by Crippen LogP contribution is 2.30. The number of barbiturate groups is 1. The van der Waals surface area contributed by atoms with E-state index in [1.165, 1.54) is 13.2 Å². The van der Waals surface area contributed by atoms with Crippen LogP contribution in [0.3, 0.4) is 0 Å². The smallest absolute Gasteiger partial charge is 0.335 e. The van der Waals surface area contributed by atoms with E-state index in [1.54, 1.807) is 36.4 Å². The third-order valence-corrected chi connectivity index (χ3v) is 6.36. The number of benzene rings is 3. The van der Waals surface area contributed by atoms with E-state index in [0.29, 0.717) is 28.4 Å². The number of carbonyl (C=O) groups is 4. The molecule has 4 rings (SSSR count). The van der Waals surface area contributed by atoms with Gasteiger partial charge in [0.2, 0.25) is 0 Å². The molecular formula is C30H29N3O6. The normalized spacial score (nSPS) is 14.3. The molecule has 1 heterocycles. The van der Waals surface area contributed by atoms with E-state index in [0.717, 1.165) is 27.2 Å². The van der Waals surface area contributed by atoms with Crippen molar-refractivity contribution >= 4 is 41.2 Å². The van der Waals surface area contributed by atoms with Crippen molar-refractivity contribution in [3.8, 4) is 11.5 Å². The fourth-order valence-electron chi connectivity index (χ4n) is 4.10. The molecule has 0 saturated carbocycles. The number of amides is 5. The Morgan fingerprint density at radius 1 is 0.897 bits per heavy atom. The zero-order chi connectivity index (χ0) is 28.3. The average molecular weight is 528 g/mol. The molecule has 1 fully saturated rings. The topological polar surface area (TPSA) is 114 Å². The summed E-state index contributed by atoms with van der Waals surface area (Å²) in [6, 6.07) is 14.8. The van der Waals surface area contributed by atoms with Crippen LogP contribution in [0.15, 0.2) is 60.2 Å². The number of carbonyl (C=O) groups excluding carboxylic acids is 4. The fourth-order valence-corrected chi connectivity index (χ4v) is 4.10. The van der Waals surface area contributed by atoms with Crippen molar-refractivity contribution < 1.29 is 28.7 Å². The molecule has 9 heteroatoms. The molecule has 3 aromatic rings. The Labute approximate surface area is 226 Å². The Kier molecular flexibility index (Phi) is 7.80. The molecular weight excluding hydrogens is 498 g/mol. The summed E-state index contributed by atoms with van der Waals surface area (Å²) in [6.45, 7) is 7.43. The summed E-state index contributed by atoms with van der Waals surface area (Å²) in [5, 5.41) is 5.04. The second kappa shape index (κ2) is 11.2. The van der Waals surface area contributed by atoms with Gasteiger partial charge >= 0.3 is 6.03 Å². The monoisotopic (exact) mass is 527 g/mol. The van der Waals surface area contributed by atoms with Crippen LogP contribution in [-0.4, -0.2) is 37.5 Å². The largest absolute Gasteiger partial charge is 0.493 e.